The van der Waals surface area contributed by atoms with Crippen LogP contribution in [0, 0.1) is 0 Å². The molecule has 1 atom stereocenters. The number of ether oxygens (including phenoxy) is 2. The molecular formula is C17H27ClN2O5S. The highest BCUT2D eigenvalue weighted by Gasteiger charge is 2.29. The minimum absolute atomic E-state index is 0.130. The standard InChI is InChI=1S/C17H27ClN2O5S/c1-12(2)25-10-6-9-19-17(21)13(3)20(26(5,22)23)14-7-8-16(24-4)15(18)11-14/h7-8,11-13H,6,9-10H2,1-5H3,(H,19,21)/t13-/m1/s1. The number of carbonyl (C=O) groups excluding carboxylic acids is 1. The topological polar surface area (TPSA) is 84.9 Å². The first-order chi connectivity index (χ1) is 12.1. The molecule has 9 heteroatoms. The summed E-state index contributed by atoms with van der Waals surface area (Å²) >= 11 is 6.09. The van der Waals surface area contributed by atoms with Gasteiger partial charge in [0.1, 0.15) is 11.8 Å². The number of carbonyl (C=O) groups is 1. The molecule has 1 aromatic rings. The molecule has 0 fully saturated rings. The second-order valence-electron chi connectivity index (χ2n) is 6.12. The second kappa shape index (κ2) is 9.99. The zero-order valence-corrected chi connectivity index (χ0v) is 17.4. The number of sulfonamides is 1. The third kappa shape index (κ3) is 6.66. The lowest BCUT2D eigenvalue weighted by Crippen LogP contribution is -2.48. The van der Waals surface area contributed by atoms with Gasteiger partial charge in [0.05, 0.1) is 30.2 Å². The van der Waals surface area contributed by atoms with Crippen LogP contribution in [0.25, 0.3) is 0 Å². The van der Waals surface area contributed by atoms with Crippen molar-refractivity contribution in [1.82, 2.24) is 5.32 Å². The Morgan fingerprint density at radius 1 is 1.31 bits per heavy atom. The fourth-order valence-electron chi connectivity index (χ4n) is 2.35. The van der Waals surface area contributed by atoms with E-state index in [9.17, 15) is 13.2 Å². The van der Waals surface area contributed by atoms with Gasteiger partial charge in [-0.25, -0.2) is 8.42 Å². The van der Waals surface area contributed by atoms with Crippen molar-refractivity contribution in [2.24, 2.45) is 0 Å². The van der Waals surface area contributed by atoms with E-state index in [1.165, 1.54) is 20.1 Å². The number of methoxy groups -OCH3 is 1. The Hall–Kier alpha value is -1.51. The number of hydrogen-bond donors (Lipinski definition) is 1. The zero-order valence-electron chi connectivity index (χ0n) is 15.8. The molecule has 148 valence electrons. The van der Waals surface area contributed by atoms with Crippen LogP contribution in [0.2, 0.25) is 5.02 Å². The summed E-state index contributed by atoms with van der Waals surface area (Å²) in [4.78, 5) is 12.4. The molecule has 0 heterocycles. The van der Waals surface area contributed by atoms with Gasteiger partial charge in [-0.05, 0) is 45.4 Å². The number of rotatable bonds is 10. The largest absolute Gasteiger partial charge is 0.495 e. The highest BCUT2D eigenvalue weighted by molar-refractivity contribution is 7.92. The van der Waals surface area contributed by atoms with Crippen LogP contribution in [-0.4, -0.2) is 53.0 Å². The predicted molar refractivity (Wildman–Crippen MR) is 104 cm³/mol. The van der Waals surface area contributed by atoms with Crippen molar-refractivity contribution in [3.8, 4) is 5.75 Å². The number of halogens is 1. The molecule has 7 nitrogen and oxygen atoms in total. The van der Waals surface area contributed by atoms with Gasteiger partial charge in [-0.1, -0.05) is 11.6 Å². The van der Waals surface area contributed by atoms with Crippen LogP contribution < -0.4 is 14.4 Å². The van der Waals surface area contributed by atoms with E-state index in [0.29, 0.717) is 31.0 Å². The van der Waals surface area contributed by atoms with Gasteiger partial charge < -0.3 is 14.8 Å². The first-order valence-corrected chi connectivity index (χ1v) is 10.5. The van der Waals surface area contributed by atoms with E-state index < -0.39 is 22.0 Å². The van der Waals surface area contributed by atoms with Crippen molar-refractivity contribution in [3.05, 3.63) is 23.2 Å². The smallest absolute Gasteiger partial charge is 0.243 e. The molecular weight excluding hydrogens is 380 g/mol. The van der Waals surface area contributed by atoms with Crippen LogP contribution >= 0.6 is 11.6 Å². The molecule has 0 saturated carbocycles. The van der Waals surface area contributed by atoms with Crippen LogP contribution in [0.3, 0.4) is 0 Å². The molecule has 0 radical (unpaired) electrons. The first-order valence-electron chi connectivity index (χ1n) is 8.30. The van der Waals surface area contributed by atoms with Crippen molar-refractivity contribution < 1.29 is 22.7 Å². The number of nitrogens with one attached hydrogen (secondary N) is 1. The second-order valence-corrected chi connectivity index (χ2v) is 8.38. The van der Waals surface area contributed by atoms with Crippen molar-refractivity contribution in [3.63, 3.8) is 0 Å². The minimum Gasteiger partial charge on any atom is -0.495 e. The molecule has 0 aliphatic rings. The number of hydrogen-bond acceptors (Lipinski definition) is 5. The fourth-order valence-corrected chi connectivity index (χ4v) is 3.77. The normalized spacial score (nSPS) is 12.7. The summed E-state index contributed by atoms with van der Waals surface area (Å²) in [7, 11) is -2.23. The van der Waals surface area contributed by atoms with Gasteiger partial charge in [0.25, 0.3) is 0 Å². The number of amides is 1. The summed E-state index contributed by atoms with van der Waals surface area (Å²) in [5, 5.41) is 2.99. The average molecular weight is 407 g/mol. The van der Waals surface area contributed by atoms with E-state index in [4.69, 9.17) is 21.1 Å². The molecule has 0 bridgehead atoms. The van der Waals surface area contributed by atoms with Crippen LogP contribution in [0.1, 0.15) is 27.2 Å². The van der Waals surface area contributed by atoms with Crippen LogP contribution in [0.15, 0.2) is 18.2 Å². The molecule has 0 saturated heterocycles. The van der Waals surface area contributed by atoms with Crippen molar-refractivity contribution in [2.45, 2.75) is 39.3 Å². The maximum Gasteiger partial charge on any atom is 0.243 e. The maximum absolute atomic E-state index is 12.4. The van der Waals surface area contributed by atoms with E-state index in [2.05, 4.69) is 5.32 Å². The lowest BCUT2D eigenvalue weighted by molar-refractivity contribution is -0.121. The Balaban J connectivity index is 2.86. The molecule has 0 aliphatic heterocycles. The van der Waals surface area contributed by atoms with E-state index in [-0.39, 0.29) is 11.1 Å². The Morgan fingerprint density at radius 2 is 1.96 bits per heavy atom. The molecule has 0 aromatic heterocycles. The van der Waals surface area contributed by atoms with E-state index in [1.807, 2.05) is 13.8 Å². The summed E-state index contributed by atoms with van der Waals surface area (Å²) in [6, 6.07) is 3.64. The van der Waals surface area contributed by atoms with E-state index in [0.717, 1.165) is 10.6 Å². The van der Waals surface area contributed by atoms with Crippen molar-refractivity contribution in [1.29, 1.82) is 0 Å². The number of nitrogens with zero attached hydrogens (tertiary/aromatic N) is 1. The van der Waals surface area contributed by atoms with Crippen LogP contribution in [0.4, 0.5) is 5.69 Å². The molecule has 0 unspecified atom stereocenters. The quantitative estimate of drug-likeness (QED) is 0.603. The van der Waals surface area contributed by atoms with Crippen molar-refractivity contribution >= 4 is 33.2 Å². The van der Waals surface area contributed by atoms with Crippen LogP contribution in [-0.2, 0) is 19.6 Å². The summed E-state index contributed by atoms with van der Waals surface area (Å²) < 4.78 is 36.0. The Bertz CT molecular complexity index is 709. The van der Waals surface area contributed by atoms with Gasteiger partial charge in [-0.15, -0.1) is 0 Å². The lowest BCUT2D eigenvalue weighted by atomic mass is 10.2. The molecule has 1 N–H and O–H groups in total. The summed E-state index contributed by atoms with van der Waals surface area (Å²) in [6.45, 7) is 6.32. The highest BCUT2D eigenvalue weighted by atomic mass is 35.5. The highest BCUT2D eigenvalue weighted by Crippen LogP contribution is 2.31. The average Bonchev–Trinajstić information content (AvgIpc) is 2.53. The molecule has 1 rings (SSSR count). The van der Waals surface area contributed by atoms with Gasteiger partial charge >= 0.3 is 0 Å². The Kier molecular flexibility index (Phi) is 8.66. The third-order valence-corrected chi connectivity index (χ3v) is 5.09. The molecule has 1 aromatic carbocycles. The predicted octanol–water partition coefficient (Wildman–Crippen LogP) is 2.43. The van der Waals surface area contributed by atoms with Crippen LogP contribution in [0.5, 0.6) is 5.75 Å². The lowest BCUT2D eigenvalue weighted by Gasteiger charge is -2.28. The number of benzene rings is 1. The molecule has 0 spiro atoms. The number of anilines is 1. The Labute approximate surface area is 160 Å². The third-order valence-electron chi connectivity index (χ3n) is 3.55. The first kappa shape index (κ1) is 22.5. The molecule has 26 heavy (non-hydrogen) atoms. The zero-order chi connectivity index (χ0) is 19.9. The van der Waals surface area contributed by atoms with Gasteiger partial charge in [0, 0.05) is 13.2 Å². The molecule has 0 aliphatic carbocycles. The SMILES string of the molecule is COc1ccc(N([C@H](C)C(=O)NCCCOC(C)C)S(C)(=O)=O)cc1Cl. The van der Waals surface area contributed by atoms with E-state index in [1.54, 1.807) is 12.1 Å². The van der Waals surface area contributed by atoms with E-state index >= 15 is 0 Å². The van der Waals surface area contributed by atoms with Gasteiger partial charge in [0.15, 0.2) is 0 Å². The summed E-state index contributed by atoms with van der Waals surface area (Å²) in [6.07, 6.45) is 1.82. The molecule has 1 amide bonds. The maximum atomic E-state index is 12.4. The monoisotopic (exact) mass is 406 g/mol. The van der Waals surface area contributed by atoms with Gasteiger partial charge in [-0.3, -0.25) is 9.10 Å². The van der Waals surface area contributed by atoms with Gasteiger partial charge in [0.2, 0.25) is 15.9 Å². The minimum atomic E-state index is -3.70. The van der Waals surface area contributed by atoms with Crippen molar-refractivity contribution in [2.75, 3.05) is 30.8 Å². The Morgan fingerprint density at radius 3 is 2.46 bits per heavy atom. The fraction of sp³-hybridized carbons (Fsp3) is 0.588. The van der Waals surface area contributed by atoms with Gasteiger partial charge in [-0.2, -0.15) is 0 Å². The summed E-state index contributed by atoms with van der Waals surface area (Å²) in [5.74, 6) is 0.0260. The summed E-state index contributed by atoms with van der Waals surface area (Å²) in [5.41, 5.74) is 0.295.